The fourth-order valence-electron chi connectivity index (χ4n) is 2.46. The first-order valence-corrected chi connectivity index (χ1v) is 8.56. The summed E-state index contributed by atoms with van der Waals surface area (Å²) in [6, 6.07) is 11.2. The summed E-state index contributed by atoms with van der Waals surface area (Å²) < 4.78 is 32.4. The van der Waals surface area contributed by atoms with Crippen LogP contribution < -0.4 is 14.8 Å². The van der Waals surface area contributed by atoms with Gasteiger partial charge in [-0.2, -0.15) is 0 Å². The summed E-state index contributed by atoms with van der Waals surface area (Å²) in [5, 5.41) is 2.74. The van der Waals surface area contributed by atoms with E-state index in [4.69, 9.17) is 4.74 Å². The van der Waals surface area contributed by atoms with Crippen LogP contribution in [0.3, 0.4) is 0 Å². The highest BCUT2D eigenvalue weighted by Gasteiger charge is 2.19. The summed E-state index contributed by atoms with van der Waals surface area (Å²) >= 11 is 0. The van der Waals surface area contributed by atoms with Crippen molar-refractivity contribution in [3.8, 4) is 5.75 Å². The molecule has 0 fully saturated rings. The number of carbonyl (C=O) groups is 1. The normalized spacial score (nSPS) is 13.9. The lowest BCUT2D eigenvalue weighted by molar-refractivity contribution is 0.0946. The first-order valence-electron chi connectivity index (χ1n) is 7.07. The molecule has 120 valence electrons. The standard InChI is InChI=1S/C16H16N2O4S/c1-22-13-3-2-4-14(10-13)23(20,21)18-12-6-5-11-7-8-17-16(19)15(11)9-12/h2-6,9-10,18H,7-8H2,1H3,(H,17,19). The van der Waals surface area contributed by atoms with Gasteiger partial charge in [0, 0.05) is 23.9 Å². The van der Waals surface area contributed by atoms with Crippen LogP contribution in [0.4, 0.5) is 5.69 Å². The van der Waals surface area contributed by atoms with E-state index in [0.717, 1.165) is 12.0 Å². The van der Waals surface area contributed by atoms with E-state index in [1.165, 1.54) is 19.2 Å². The SMILES string of the molecule is COc1cccc(S(=O)(=O)Nc2ccc3c(c2)C(=O)NCC3)c1. The Morgan fingerprint density at radius 2 is 2.00 bits per heavy atom. The average molecular weight is 332 g/mol. The molecule has 0 radical (unpaired) electrons. The topological polar surface area (TPSA) is 84.5 Å². The zero-order chi connectivity index (χ0) is 16.4. The van der Waals surface area contributed by atoms with Gasteiger partial charge in [-0.1, -0.05) is 12.1 Å². The number of ether oxygens (including phenoxy) is 1. The van der Waals surface area contributed by atoms with Crippen molar-refractivity contribution in [1.29, 1.82) is 0 Å². The Kier molecular flexibility index (Phi) is 3.96. The van der Waals surface area contributed by atoms with Crippen LogP contribution in [-0.4, -0.2) is 28.0 Å². The van der Waals surface area contributed by atoms with Gasteiger partial charge in [-0.15, -0.1) is 0 Å². The molecule has 0 aliphatic carbocycles. The minimum absolute atomic E-state index is 0.0963. The highest BCUT2D eigenvalue weighted by Crippen LogP contribution is 2.23. The van der Waals surface area contributed by atoms with Crippen LogP contribution in [0.2, 0.25) is 0 Å². The summed E-state index contributed by atoms with van der Waals surface area (Å²) in [5.74, 6) is 0.270. The molecule has 2 N–H and O–H groups in total. The molecule has 0 aromatic heterocycles. The number of benzene rings is 2. The maximum atomic E-state index is 12.5. The number of methoxy groups -OCH3 is 1. The number of rotatable bonds is 4. The molecule has 1 aliphatic rings. The lowest BCUT2D eigenvalue weighted by atomic mass is 10.00. The summed E-state index contributed by atoms with van der Waals surface area (Å²) in [6.07, 6.45) is 0.740. The average Bonchev–Trinajstić information content (AvgIpc) is 2.55. The molecule has 7 heteroatoms. The van der Waals surface area contributed by atoms with Gasteiger partial charge in [0.25, 0.3) is 15.9 Å². The molecule has 1 amide bonds. The van der Waals surface area contributed by atoms with E-state index in [-0.39, 0.29) is 10.8 Å². The van der Waals surface area contributed by atoms with Crippen molar-refractivity contribution in [2.75, 3.05) is 18.4 Å². The molecule has 0 bridgehead atoms. The van der Waals surface area contributed by atoms with Crippen LogP contribution in [0, 0.1) is 0 Å². The third-order valence-corrected chi connectivity index (χ3v) is 5.02. The van der Waals surface area contributed by atoms with Crippen LogP contribution in [0.5, 0.6) is 5.75 Å². The summed E-state index contributed by atoms with van der Waals surface area (Å²) in [7, 11) is -2.28. The minimum Gasteiger partial charge on any atom is -0.497 e. The van der Waals surface area contributed by atoms with Gasteiger partial charge in [0.05, 0.1) is 12.0 Å². The number of nitrogens with one attached hydrogen (secondary N) is 2. The van der Waals surface area contributed by atoms with Crippen LogP contribution in [0.25, 0.3) is 0 Å². The van der Waals surface area contributed by atoms with E-state index in [9.17, 15) is 13.2 Å². The van der Waals surface area contributed by atoms with Crippen LogP contribution >= 0.6 is 0 Å². The number of amides is 1. The third-order valence-electron chi connectivity index (χ3n) is 3.64. The number of carbonyl (C=O) groups excluding carboxylic acids is 1. The number of hydrogen-bond acceptors (Lipinski definition) is 4. The Morgan fingerprint density at radius 3 is 2.78 bits per heavy atom. The van der Waals surface area contributed by atoms with Gasteiger partial charge in [0.1, 0.15) is 5.75 Å². The Labute approximate surface area is 134 Å². The molecular formula is C16H16N2O4S. The smallest absolute Gasteiger partial charge is 0.262 e. The highest BCUT2D eigenvalue weighted by molar-refractivity contribution is 7.92. The number of sulfonamides is 1. The van der Waals surface area contributed by atoms with Crippen molar-refractivity contribution in [3.63, 3.8) is 0 Å². The molecule has 0 saturated heterocycles. The van der Waals surface area contributed by atoms with Crippen molar-refractivity contribution in [2.45, 2.75) is 11.3 Å². The molecule has 2 aromatic rings. The summed E-state index contributed by atoms with van der Waals surface area (Å²) in [6.45, 7) is 0.598. The molecular weight excluding hydrogens is 316 g/mol. The van der Waals surface area contributed by atoms with Gasteiger partial charge in [-0.3, -0.25) is 9.52 Å². The van der Waals surface area contributed by atoms with Gasteiger partial charge in [-0.05, 0) is 36.2 Å². The lowest BCUT2D eigenvalue weighted by Crippen LogP contribution is -2.31. The maximum absolute atomic E-state index is 12.5. The van der Waals surface area contributed by atoms with Crippen molar-refractivity contribution >= 4 is 21.6 Å². The van der Waals surface area contributed by atoms with Crippen molar-refractivity contribution in [3.05, 3.63) is 53.6 Å². The van der Waals surface area contributed by atoms with Gasteiger partial charge in [0.2, 0.25) is 0 Å². The van der Waals surface area contributed by atoms with Crippen LogP contribution in [0.15, 0.2) is 47.4 Å². The summed E-state index contributed by atoms with van der Waals surface area (Å²) in [4.78, 5) is 11.9. The predicted octanol–water partition coefficient (Wildman–Crippen LogP) is 1.78. The molecule has 1 aliphatic heterocycles. The van der Waals surface area contributed by atoms with E-state index in [2.05, 4.69) is 10.0 Å². The monoisotopic (exact) mass is 332 g/mol. The van der Waals surface area contributed by atoms with E-state index in [0.29, 0.717) is 23.5 Å². The van der Waals surface area contributed by atoms with Crippen molar-refractivity contribution in [2.24, 2.45) is 0 Å². The minimum atomic E-state index is -3.75. The lowest BCUT2D eigenvalue weighted by Gasteiger charge is -2.17. The quantitative estimate of drug-likeness (QED) is 0.894. The molecule has 1 heterocycles. The molecule has 3 rings (SSSR count). The Bertz CT molecular complexity index is 862. The van der Waals surface area contributed by atoms with Gasteiger partial charge >= 0.3 is 0 Å². The zero-order valence-electron chi connectivity index (χ0n) is 12.5. The fraction of sp³-hybridized carbons (Fsp3) is 0.188. The molecule has 0 unspecified atom stereocenters. The van der Waals surface area contributed by atoms with Gasteiger partial charge < -0.3 is 10.1 Å². The second-order valence-corrected chi connectivity index (χ2v) is 6.84. The third kappa shape index (κ3) is 3.14. The van der Waals surface area contributed by atoms with E-state index < -0.39 is 10.0 Å². The molecule has 0 atom stereocenters. The number of anilines is 1. The van der Waals surface area contributed by atoms with E-state index >= 15 is 0 Å². The second-order valence-electron chi connectivity index (χ2n) is 5.16. The number of hydrogen-bond donors (Lipinski definition) is 2. The van der Waals surface area contributed by atoms with Gasteiger partial charge in [0.15, 0.2) is 0 Å². The second kappa shape index (κ2) is 5.92. The first kappa shape index (κ1) is 15.4. The first-order chi connectivity index (χ1) is 11.0. The predicted molar refractivity (Wildman–Crippen MR) is 86.3 cm³/mol. The highest BCUT2D eigenvalue weighted by atomic mass is 32.2. The van der Waals surface area contributed by atoms with Crippen LogP contribution in [0.1, 0.15) is 15.9 Å². The van der Waals surface area contributed by atoms with Crippen molar-refractivity contribution in [1.82, 2.24) is 5.32 Å². The molecule has 2 aromatic carbocycles. The largest absolute Gasteiger partial charge is 0.497 e. The molecule has 23 heavy (non-hydrogen) atoms. The molecule has 0 spiro atoms. The summed E-state index contributed by atoms with van der Waals surface area (Å²) in [5.41, 5.74) is 1.77. The number of fused-ring (bicyclic) bond motifs is 1. The molecule has 6 nitrogen and oxygen atoms in total. The van der Waals surface area contributed by atoms with E-state index in [1.807, 2.05) is 0 Å². The Morgan fingerprint density at radius 1 is 1.17 bits per heavy atom. The molecule has 0 saturated carbocycles. The van der Waals surface area contributed by atoms with Crippen molar-refractivity contribution < 1.29 is 17.9 Å². The maximum Gasteiger partial charge on any atom is 0.262 e. The Hall–Kier alpha value is -2.54. The van der Waals surface area contributed by atoms with Gasteiger partial charge in [-0.25, -0.2) is 8.42 Å². The zero-order valence-corrected chi connectivity index (χ0v) is 13.3. The van der Waals surface area contributed by atoms with E-state index in [1.54, 1.807) is 30.3 Å². The van der Waals surface area contributed by atoms with Crippen LogP contribution in [-0.2, 0) is 16.4 Å². The fourth-order valence-corrected chi connectivity index (χ4v) is 3.54. The Balaban J connectivity index is 1.91.